The molecule has 0 N–H and O–H groups in total. The van der Waals surface area contributed by atoms with E-state index in [0.29, 0.717) is 17.5 Å². The molecule has 0 amide bonds. The van der Waals surface area contributed by atoms with Gasteiger partial charge in [0, 0.05) is 16.7 Å². The van der Waals surface area contributed by atoms with E-state index in [1.807, 2.05) is 97.1 Å². The Morgan fingerprint density at radius 3 is 1.35 bits per heavy atom. The first-order valence-corrected chi connectivity index (χ1v) is 10.1. The van der Waals surface area contributed by atoms with Crippen LogP contribution in [0, 0.1) is 0 Å². The van der Waals surface area contributed by atoms with E-state index < -0.39 is 0 Å². The average Bonchev–Trinajstić information content (AvgIpc) is 2.85. The number of nitrogens with zero attached hydrogens (tertiary/aromatic N) is 3. The lowest BCUT2D eigenvalue weighted by Gasteiger charge is -2.10. The van der Waals surface area contributed by atoms with Crippen molar-refractivity contribution in [1.29, 1.82) is 0 Å². The molecule has 0 aliphatic carbocycles. The summed E-state index contributed by atoms with van der Waals surface area (Å²) in [5, 5.41) is 0. The van der Waals surface area contributed by atoms with Crippen LogP contribution in [0.15, 0.2) is 109 Å². The third-order valence-corrected chi connectivity index (χ3v) is 5.04. The van der Waals surface area contributed by atoms with Gasteiger partial charge in [0.25, 0.3) is 0 Å². The highest BCUT2D eigenvalue weighted by Gasteiger charge is 2.12. The topological polar surface area (TPSA) is 38.7 Å². The number of benzene rings is 4. The molecule has 0 fully saturated rings. The minimum atomic E-state index is 0.637. The Morgan fingerprint density at radius 2 is 0.806 bits per heavy atom. The van der Waals surface area contributed by atoms with Crippen LogP contribution in [0.1, 0.15) is 0 Å². The molecule has 144 valence electrons. The summed E-state index contributed by atoms with van der Waals surface area (Å²) >= 11 is 0. The monoisotopic (exact) mass is 395 g/mol. The maximum Gasteiger partial charge on any atom is 0.164 e. The third-order valence-electron chi connectivity index (χ3n) is 5.04. The molecular formula is C27H18BN3. The second kappa shape index (κ2) is 8.37. The fourth-order valence-corrected chi connectivity index (χ4v) is 3.49. The van der Waals surface area contributed by atoms with Crippen molar-refractivity contribution in [3.63, 3.8) is 0 Å². The van der Waals surface area contributed by atoms with Crippen LogP contribution < -0.4 is 5.46 Å². The lowest BCUT2D eigenvalue weighted by Crippen LogP contribution is -2.01. The van der Waals surface area contributed by atoms with Crippen LogP contribution in [-0.4, -0.2) is 22.8 Å². The van der Waals surface area contributed by atoms with Crippen LogP contribution in [0.4, 0.5) is 0 Å². The van der Waals surface area contributed by atoms with Gasteiger partial charge < -0.3 is 0 Å². The quantitative estimate of drug-likeness (QED) is 0.386. The number of hydrogen-bond acceptors (Lipinski definition) is 3. The number of aromatic nitrogens is 3. The zero-order chi connectivity index (χ0) is 21.0. The van der Waals surface area contributed by atoms with Gasteiger partial charge in [-0.3, -0.25) is 0 Å². The first-order chi connectivity index (χ1) is 15.3. The number of hydrogen-bond donors (Lipinski definition) is 0. The van der Waals surface area contributed by atoms with Gasteiger partial charge >= 0.3 is 0 Å². The van der Waals surface area contributed by atoms with Crippen LogP contribution in [0.2, 0.25) is 0 Å². The Labute approximate surface area is 182 Å². The van der Waals surface area contributed by atoms with Crippen LogP contribution >= 0.6 is 0 Å². The Kier molecular flexibility index (Phi) is 5.11. The van der Waals surface area contributed by atoms with Crippen LogP contribution in [-0.2, 0) is 0 Å². The highest BCUT2D eigenvalue weighted by molar-refractivity contribution is 6.32. The molecular weight excluding hydrogens is 377 g/mol. The van der Waals surface area contributed by atoms with Crippen LogP contribution in [0.3, 0.4) is 0 Å². The molecule has 31 heavy (non-hydrogen) atoms. The summed E-state index contributed by atoms with van der Waals surface area (Å²) in [5.41, 5.74) is 5.69. The van der Waals surface area contributed by atoms with Gasteiger partial charge in [-0.2, -0.15) is 0 Å². The second-order valence-corrected chi connectivity index (χ2v) is 7.24. The summed E-state index contributed by atoms with van der Waals surface area (Å²) < 4.78 is 0. The molecule has 0 unspecified atom stereocenters. The summed E-state index contributed by atoms with van der Waals surface area (Å²) in [6.07, 6.45) is 0. The molecule has 4 aromatic carbocycles. The van der Waals surface area contributed by atoms with E-state index in [4.69, 9.17) is 22.8 Å². The maximum absolute atomic E-state index is 5.98. The maximum atomic E-state index is 5.98. The highest BCUT2D eigenvalue weighted by Crippen LogP contribution is 2.27. The first-order valence-electron chi connectivity index (χ1n) is 10.1. The van der Waals surface area contributed by atoms with Gasteiger partial charge in [0.05, 0.1) is 0 Å². The molecule has 0 bridgehead atoms. The van der Waals surface area contributed by atoms with Crippen LogP contribution in [0.5, 0.6) is 0 Å². The van der Waals surface area contributed by atoms with Crippen molar-refractivity contribution in [2.24, 2.45) is 0 Å². The lowest BCUT2D eigenvalue weighted by molar-refractivity contribution is 1.07. The van der Waals surface area contributed by atoms with Gasteiger partial charge in [-0.15, -0.1) is 0 Å². The number of rotatable bonds is 4. The molecule has 5 aromatic rings. The molecule has 1 heterocycles. The Hall–Kier alpha value is -4.05. The Bertz CT molecular complexity index is 1280. The standard InChI is InChI=1S/C27H18BN3/c28-24-16-8-14-22(18-24)21-13-7-15-23(17-21)27-30-25(19-9-3-1-4-10-19)29-26(31-27)20-11-5-2-6-12-20/h1-18H. The predicted octanol–water partition coefficient (Wildman–Crippen LogP) is 5.33. The zero-order valence-electron chi connectivity index (χ0n) is 16.8. The molecule has 2 radical (unpaired) electrons. The average molecular weight is 395 g/mol. The van der Waals surface area contributed by atoms with Gasteiger partial charge in [-0.05, 0) is 17.2 Å². The summed E-state index contributed by atoms with van der Waals surface area (Å²) in [7, 11) is 5.98. The molecule has 3 nitrogen and oxygen atoms in total. The highest BCUT2D eigenvalue weighted by atomic mass is 15.0. The summed E-state index contributed by atoms with van der Waals surface area (Å²) in [5.74, 6) is 1.94. The van der Waals surface area contributed by atoms with Gasteiger partial charge in [0.1, 0.15) is 7.85 Å². The van der Waals surface area contributed by atoms with Crippen molar-refractivity contribution < 1.29 is 0 Å². The fraction of sp³-hybridized carbons (Fsp3) is 0. The minimum Gasteiger partial charge on any atom is -0.208 e. The third kappa shape index (κ3) is 4.14. The van der Waals surface area contributed by atoms with E-state index in [0.717, 1.165) is 33.3 Å². The van der Waals surface area contributed by atoms with E-state index in [1.165, 1.54) is 0 Å². The second-order valence-electron chi connectivity index (χ2n) is 7.24. The SMILES string of the molecule is [B]c1cccc(-c2cccc(-c3nc(-c4ccccc4)nc(-c4ccccc4)n3)c2)c1. The first kappa shape index (κ1) is 19.0. The van der Waals surface area contributed by atoms with Crippen molar-refractivity contribution in [3.8, 4) is 45.3 Å². The zero-order valence-corrected chi connectivity index (χ0v) is 16.8. The molecule has 0 aliphatic heterocycles. The van der Waals surface area contributed by atoms with E-state index in [2.05, 4.69) is 12.1 Å². The van der Waals surface area contributed by atoms with Crippen molar-refractivity contribution >= 4 is 13.3 Å². The van der Waals surface area contributed by atoms with E-state index in [-0.39, 0.29) is 0 Å². The van der Waals surface area contributed by atoms with Gasteiger partial charge in [0.15, 0.2) is 17.5 Å². The summed E-state index contributed by atoms with van der Waals surface area (Å²) in [6.45, 7) is 0. The summed E-state index contributed by atoms with van der Waals surface area (Å²) in [4.78, 5) is 14.4. The van der Waals surface area contributed by atoms with Crippen molar-refractivity contribution in [1.82, 2.24) is 15.0 Å². The van der Waals surface area contributed by atoms with Crippen molar-refractivity contribution in [2.75, 3.05) is 0 Å². The molecule has 0 saturated carbocycles. The molecule has 5 rings (SSSR count). The van der Waals surface area contributed by atoms with Crippen LogP contribution in [0.25, 0.3) is 45.3 Å². The fourth-order valence-electron chi connectivity index (χ4n) is 3.49. The van der Waals surface area contributed by atoms with E-state index in [1.54, 1.807) is 0 Å². The van der Waals surface area contributed by atoms with Gasteiger partial charge in [-0.25, -0.2) is 15.0 Å². The molecule has 0 atom stereocenters. The van der Waals surface area contributed by atoms with Gasteiger partial charge in [-0.1, -0.05) is 109 Å². The largest absolute Gasteiger partial charge is 0.208 e. The predicted molar refractivity (Wildman–Crippen MR) is 127 cm³/mol. The van der Waals surface area contributed by atoms with Gasteiger partial charge in [0.2, 0.25) is 0 Å². The van der Waals surface area contributed by atoms with Crippen molar-refractivity contribution in [3.05, 3.63) is 109 Å². The summed E-state index contributed by atoms with van der Waals surface area (Å²) in [6, 6.07) is 36.0. The van der Waals surface area contributed by atoms with Crippen molar-refractivity contribution in [2.45, 2.75) is 0 Å². The van der Waals surface area contributed by atoms with E-state index in [9.17, 15) is 0 Å². The Balaban J connectivity index is 1.66. The molecule has 4 heteroatoms. The molecule has 1 aromatic heterocycles. The normalized spacial score (nSPS) is 10.7. The smallest absolute Gasteiger partial charge is 0.164 e. The molecule has 0 spiro atoms. The molecule has 0 saturated heterocycles. The molecule has 0 aliphatic rings. The van der Waals surface area contributed by atoms with E-state index >= 15 is 0 Å². The lowest BCUT2D eigenvalue weighted by atomic mass is 9.92. The minimum absolute atomic E-state index is 0.637. The Morgan fingerprint density at radius 1 is 0.387 bits per heavy atom.